The molecule has 172 valence electrons. The maximum Gasteiger partial charge on any atom is 0.419 e. The molecule has 1 heterocycles. The van der Waals surface area contributed by atoms with Gasteiger partial charge in [0, 0.05) is 34.4 Å². The maximum atomic E-state index is 12.4. The Kier molecular flexibility index (Phi) is 6.89. The molecule has 0 saturated heterocycles. The second-order valence-electron chi connectivity index (χ2n) is 7.36. The van der Waals surface area contributed by atoms with E-state index >= 15 is 0 Å². The van der Waals surface area contributed by atoms with Gasteiger partial charge >= 0.3 is 11.7 Å². The number of nitrogens with zero attached hydrogens (tertiary/aromatic N) is 1. The Balaban J connectivity index is 1.28. The van der Waals surface area contributed by atoms with E-state index in [9.17, 15) is 19.2 Å². The zero-order valence-corrected chi connectivity index (χ0v) is 18.6. The lowest BCUT2D eigenvalue weighted by Crippen LogP contribution is -2.19. The predicted octanol–water partition coefficient (Wildman–Crippen LogP) is 4.32. The second kappa shape index (κ2) is 10.2. The van der Waals surface area contributed by atoms with Crippen molar-refractivity contribution in [2.75, 3.05) is 11.9 Å². The number of amides is 1. The summed E-state index contributed by atoms with van der Waals surface area (Å²) in [6.07, 6.45) is -0.116. The number of aromatic nitrogens is 1. The van der Waals surface area contributed by atoms with E-state index in [-0.39, 0.29) is 18.9 Å². The smallest absolute Gasteiger partial charge is 0.419 e. The number of esters is 1. The third kappa shape index (κ3) is 5.41. The second-order valence-corrected chi connectivity index (χ2v) is 7.80. The van der Waals surface area contributed by atoms with Crippen LogP contribution in [0.5, 0.6) is 0 Å². The van der Waals surface area contributed by atoms with E-state index in [4.69, 9.17) is 20.8 Å². The van der Waals surface area contributed by atoms with Crippen molar-refractivity contribution in [3.63, 3.8) is 0 Å². The number of ketones is 1. The number of hydrogen-bond acceptors (Lipinski definition) is 6. The van der Waals surface area contributed by atoms with Crippen molar-refractivity contribution in [2.45, 2.75) is 13.0 Å². The standard InChI is InChI=1S/C25H19ClN2O6/c26-18-8-11-20-22(14-18)34-25(32)28(20)13-12-23(30)33-15-21(29)16-6-9-19(10-7-16)27-24(31)17-4-2-1-3-5-17/h1-11,14H,12-13,15H2,(H,27,31). The Morgan fingerprint density at radius 1 is 0.941 bits per heavy atom. The van der Waals surface area contributed by atoms with Gasteiger partial charge in [-0.2, -0.15) is 0 Å². The van der Waals surface area contributed by atoms with E-state index in [1.54, 1.807) is 60.7 Å². The quantitative estimate of drug-likeness (QED) is 0.298. The first kappa shape index (κ1) is 23.0. The fourth-order valence-corrected chi connectivity index (χ4v) is 3.45. The summed E-state index contributed by atoms with van der Waals surface area (Å²) >= 11 is 5.89. The summed E-state index contributed by atoms with van der Waals surface area (Å²) in [6.45, 7) is -0.401. The lowest BCUT2D eigenvalue weighted by atomic mass is 10.1. The summed E-state index contributed by atoms with van der Waals surface area (Å²) in [5.41, 5.74) is 2.21. The third-order valence-corrected chi connectivity index (χ3v) is 5.27. The lowest BCUT2D eigenvalue weighted by Gasteiger charge is -2.07. The largest absolute Gasteiger partial charge is 0.457 e. The molecule has 0 spiro atoms. The van der Waals surface area contributed by atoms with Gasteiger partial charge in [0.25, 0.3) is 5.91 Å². The zero-order valence-electron chi connectivity index (χ0n) is 17.8. The molecule has 1 amide bonds. The third-order valence-electron chi connectivity index (χ3n) is 5.03. The summed E-state index contributed by atoms with van der Waals surface area (Å²) < 4.78 is 11.5. The molecule has 0 radical (unpaired) electrons. The Morgan fingerprint density at radius 2 is 1.68 bits per heavy atom. The van der Waals surface area contributed by atoms with Gasteiger partial charge in [0.15, 0.2) is 18.0 Å². The van der Waals surface area contributed by atoms with Crippen LogP contribution in [0, 0.1) is 0 Å². The van der Waals surface area contributed by atoms with Gasteiger partial charge in [-0.05, 0) is 48.5 Å². The molecule has 1 N–H and O–H groups in total. The van der Waals surface area contributed by atoms with Crippen LogP contribution in [0.4, 0.5) is 5.69 Å². The van der Waals surface area contributed by atoms with Crippen molar-refractivity contribution < 1.29 is 23.5 Å². The summed E-state index contributed by atoms with van der Waals surface area (Å²) in [6, 6.07) is 19.8. The zero-order chi connectivity index (χ0) is 24.1. The van der Waals surface area contributed by atoms with E-state index in [1.165, 1.54) is 10.6 Å². The summed E-state index contributed by atoms with van der Waals surface area (Å²) in [5, 5.41) is 3.18. The molecule has 0 unspecified atom stereocenters. The van der Waals surface area contributed by atoms with Gasteiger partial charge in [0.05, 0.1) is 11.9 Å². The molecule has 34 heavy (non-hydrogen) atoms. The summed E-state index contributed by atoms with van der Waals surface area (Å²) in [4.78, 5) is 48.7. The molecule has 0 bridgehead atoms. The van der Waals surface area contributed by atoms with E-state index in [2.05, 4.69) is 5.32 Å². The first-order valence-corrected chi connectivity index (χ1v) is 10.7. The van der Waals surface area contributed by atoms with Crippen LogP contribution in [-0.4, -0.2) is 28.8 Å². The van der Waals surface area contributed by atoms with Crippen LogP contribution >= 0.6 is 11.6 Å². The number of halogens is 1. The van der Waals surface area contributed by atoms with Gasteiger partial charge in [-0.1, -0.05) is 29.8 Å². The molecule has 1 aromatic heterocycles. The van der Waals surface area contributed by atoms with Crippen LogP contribution in [0.15, 0.2) is 82.0 Å². The fraction of sp³-hybridized carbons (Fsp3) is 0.120. The van der Waals surface area contributed by atoms with Crippen molar-refractivity contribution in [3.8, 4) is 0 Å². The lowest BCUT2D eigenvalue weighted by molar-refractivity contribution is -0.142. The molecule has 9 heteroatoms. The molecule has 3 aromatic carbocycles. The number of oxazole rings is 1. The van der Waals surface area contributed by atoms with Crippen LogP contribution in [0.2, 0.25) is 5.02 Å². The molecular weight excluding hydrogens is 460 g/mol. The molecule has 0 aliphatic rings. The minimum absolute atomic E-state index is 0.0380. The van der Waals surface area contributed by atoms with E-state index in [1.807, 2.05) is 6.07 Å². The van der Waals surface area contributed by atoms with E-state index in [0.29, 0.717) is 32.9 Å². The number of benzene rings is 3. The highest BCUT2D eigenvalue weighted by atomic mass is 35.5. The molecule has 0 saturated carbocycles. The average molecular weight is 479 g/mol. The number of hydrogen-bond donors (Lipinski definition) is 1. The fourth-order valence-electron chi connectivity index (χ4n) is 3.29. The minimum atomic E-state index is -0.629. The highest BCUT2D eigenvalue weighted by Gasteiger charge is 2.14. The number of Topliss-reactive ketones (excluding diaryl/α,β-unsaturated/α-hetero) is 1. The molecule has 0 aliphatic heterocycles. The average Bonchev–Trinajstić information content (AvgIpc) is 3.15. The maximum absolute atomic E-state index is 12.4. The van der Waals surface area contributed by atoms with Gasteiger partial charge in [-0.25, -0.2) is 4.79 Å². The van der Waals surface area contributed by atoms with Crippen molar-refractivity contribution in [1.82, 2.24) is 4.57 Å². The van der Waals surface area contributed by atoms with Gasteiger partial charge < -0.3 is 14.5 Å². The van der Waals surface area contributed by atoms with E-state index < -0.39 is 24.1 Å². The molecule has 0 aliphatic carbocycles. The molecule has 8 nitrogen and oxygen atoms in total. The number of carbonyl (C=O) groups is 3. The molecule has 4 rings (SSSR count). The number of anilines is 1. The number of nitrogens with one attached hydrogen (secondary N) is 1. The van der Waals surface area contributed by atoms with Crippen molar-refractivity contribution in [1.29, 1.82) is 0 Å². The van der Waals surface area contributed by atoms with Crippen molar-refractivity contribution in [2.24, 2.45) is 0 Å². The number of ether oxygens (including phenoxy) is 1. The van der Waals surface area contributed by atoms with Crippen LogP contribution < -0.4 is 11.1 Å². The Labute approximate surface area is 198 Å². The van der Waals surface area contributed by atoms with Crippen LogP contribution in [0.25, 0.3) is 11.1 Å². The summed E-state index contributed by atoms with van der Waals surface area (Å²) in [7, 11) is 0. The molecular formula is C25H19ClN2O6. The number of rotatable bonds is 8. The minimum Gasteiger partial charge on any atom is -0.457 e. The first-order valence-electron chi connectivity index (χ1n) is 10.3. The summed E-state index contributed by atoms with van der Waals surface area (Å²) in [5.74, 6) is -1.90. The van der Waals surface area contributed by atoms with Gasteiger partial charge in [0.1, 0.15) is 0 Å². The number of fused-ring (bicyclic) bond motifs is 1. The first-order chi connectivity index (χ1) is 16.4. The Morgan fingerprint density at radius 3 is 2.41 bits per heavy atom. The topological polar surface area (TPSA) is 108 Å². The van der Waals surface area contributed by atoms with Crippen molar-refractivity contribution >= 4 is 46.0 Å². The highest BCUT2D eigenvalue weighted by molar-refractivity contribution is 6.31. The molecule has 0 fully saturated rings. The molecule has 4 aromatic rings. The number of carbonyl (C=O) groups excluding carboxylic acids is 3. The predicted molar refractivity (Wildman–Crippen MR) is 126 cm³/mol. The van der Waals surface area contributed by atoms with Gasteiger partial charge in [0.2, 0.25) is 0 Å². The van der Waals surface area contributed by atoms with Gasteiger partial charge in [-0.15, -0.1) is 0 Å². The SMILES string of the molecule is O=C(CCn1c(=O)oc2cc(Cl)ccc21)OCC(=O)c1ccc(NC(=O)c2ccccc2)cc1. The van der Waals surface area contributed by atoms with Crippen molar-refractivity contribution in [3.05, 3.63) is 99.5 Å². The van der Waals surface area contributed by atoms with Crippen LogP contribution in [0.3, 0.4) is 0 Å². The molecule has 0 atom stereocenters. The number of aryl methyl sites for hydroxylation is 1. The monoisotopic (exact) mass is 478 g/mol. The van der Waals surface area contributed by atoms with Crippen LogP contribution in [0.1, 0.15) is 27.1 Å². The highest BCUT2D eigenvalue weighted by Crippen LogP contribution is 2.18. The van der Waals surface area contributed by atoms with Gasteiger partial charge in [-0.3, -0.25) is 19.0 Å². The normalized spacial score (nSPS) is 10.7. The van der Waals surface area contributed by atoms with Crippen LogP contribution in [-0.2, 0) is 16.1 Å². The Bertz CT molecular complexity index is 1410. The Hall–Kier alpha value is -4.17. The van der Waals surface area contributed by atoms with E-state index in [0.717, 1.165) is 0 Å².